The van der Waals surface area contributed by atoms with Gasteiger partial charge in [-0.25, -0.2) is 0 Å². The first kappa shape index (κ1) is 14.2. The molecule has 0 bridgehead atoms. The Morgan fingerprint density at radius 3 is 2.60 bits per heavy atom. The Kier molecular flexibility index (Phi) is 7.06. The zero-order valence-electron chi connectivity index (χ0n) is 10.3. The first-order valence-electron chi connectivity index (χ1n) is 5.64. The molecule has 0 spiro atoms. The van der Waals surface area contributed by atoms with Gasteiger partial charge in [-0.15, -0.1) is 6.58 Å². The highest BCUT2D eigenvalue weighted by Gasteiger charge is 2.12. The summed E-state index contributed by atoms with van der Waals surface area (Å²) in [5, 5.41) is 9.69. The molecule has 1 heteroatoms. The highest BCUT2D eigenvalue weighted by Crippen LogP contribution is 2.15. The second kappa shape index (κ2) is 7.47. The Morgan fingerprint density at radius 2 is 2.07 bits per heavy atom. The summed E-state index contributed by atoms with van der Waals surface area (Å²) in [6.07, 6.45) is 12.0. The number of aliphatic hydroxyl groups is 1. The number of hydrogen-bond donors (Lipinski definition) is 1. The largest absolute Gasteiger partial charge is 0.386 e. The molecule has 0 rings (SSSR count). The SMILES string of the molecule is C=CC(C)(O)CCC=C(C)CCC=CC. The standard InChI is InChI=1S/C14H24O/c1-5-7-8-10-13(3)11-9-12-14(4,15)6-2/h5-7,11,15H,2,8-10,12H2,1,3-4H3. The molecule has 0 fully saturated rings. The van der Waals surface area contributed by atoms with Crippen molar-refractivity contribution in [1.29, 1.82) is 0 Å². The van der Waals surface area contributed by atoms with E-state index < -0.39 is 5.60 Å². The zero-order chi connectivity index (χ0) is 11.7. The first-order chi connectivity index (χ1) is 7.02. The zero-order valence-corrected chi connectivity index (χ0v) is 10.3. The molecule has 0 amide bonds. The predicted octanol–water partition coefficient (Wildman–Crippen LogP) is 4.01. The van der Waals surface area contributed by atoms with Gasteiger partial charge in [-0.3, -0.25) is 0 Å². The average molecular weight is 208 g/mol. The van der Waals surface area contributed by atoms with Crippen LogP contribution in [0.2, 0.25) is 0 Å². The minimum atomic E-state index is -0.722. The van der Waals surface area contributed by atoms with Crippen molar-refractivity contribution in [2.45, 2.75) is 52.1 Å². The van der Waals surface area contributed by atoms with Crippen molar-refractivity contribution >= 4 is 0 Å². The summed E-state index contributed by atoms with van der Waals surface area (Å²) in [6, 6.07) is 0. The maximum atomic E-state index is 9.69. The van der Waals surface area contributed by atoms with Crippen LogP contribution in [0.25, 0.3) is 0 Å². The molecule has 0 saturated heterocycles. The molecule has 0 saturated carbocycles. The minimum Gasteiger partial charge on any atom is -0.386 e. The van der Waals surface area contributed by atoms with Crippen molar-refractivity contribution < 1.29 is 5.11 Å². The third kappa shape index (κ3) is 8.19. The van der Waals surface area contributed by atoms with Crippen LogP contribution in [0.15, 0.2) is 36.5 Å². The molecule has 1 nitrogen and oxygen atoms in total. The van der Waals surface area contributed by atoms with E-state index >= 15 is 0 Å². The van der Waals surface area contributed by atoms with E-state index in [0.717, 1.165) is 25.7 Å². The van der Waals surface area contributed by atoms with Gasteiger partial charge in [0.2, 0.25) is 0 Å². The van der Waals surface area contributed by atoms with Crippen LogP contribution in [-0.4, -0.2) is 10.7 Å². The number of hydrogen-bond acceptors (Lipinski definition) is 1. The van der Waals surface area contributed by atoms with Crippen LogP contribution < -0.4 is 0 Å². The van der Waals surface area contributed by atoms with Crippen molar-refractivity contribution in [3.63, 3.8) is 0 Å². The molecule has 0 aromatic heterocycles. The molecule has 0 aliphatic heterocycles. The molecular formula is C14H24O. The normalized spacial score (nSPS) is 16.7. The van der Waals surface area contributed by atoms with E-state index in [1.165, 1.54) is 5.57 Å². The molecule has 0 heterocycles. The monoisotopic (exact) mass is 208 g/mol. The van der Waals surface area contributed by atoms with E-state index in [4.69, 9.17) is 0 Å². The van der Waals surface area contributed by atoms with E-state index in [9.17, 15) is 5.11 Å². The Balaban J connectivity index is 3.80. The van der Waals surface area contributed by atoms with Crippen LogP contribution in [0, 0.1) is 0 Å². The quantitative estimate of drug-likeness (QED) is 0.627. The number of allylic oxidation sites excluding steroid dienone is 4. The van der Waals surface area contributed by atoms with Gasteiger partial charge in [0.25, 0.3) is 0 Å². The summed E-state index contributed by atoms with van der Waals surface area (Å²) in [6.45, 7) is 9.59. The Labute approximate surface area is 94.2 Å². The van der Waals surface area contributed by atoms with Gasteiger partial charge >= 0.3 is 0 Å². The molecular weight excluding hydrogens is 184 g/mol. The highest BCUT2D eigenvalue weighted by atomic mass is 16.3. The summed E-state index contributed by atoms with van der Waals surface area (Å²) < 4.78 is 0. The van der Waals surface area contributed by atoms with Gasteiger partial charge in [-0.1, -0.05) is 29.9 Å². The summed E-state index contributed by atoms with van der Waals surface area (Å²) in [5.41, 5.74) is 0.674. The maximum Gasteiger partial charge on any atom is 0.0800 e. The molecule has 0 aromatic rings. The van der Waals surface area contributed by atoms with Crippen molar-refractivity contribution in [3.05, 3.63) is 36.5 Å². The topological polar surface area (TPSA) is 20.2 Å². The molecule has 1 N–H and O–H groups in total. The molecule has 0 aliphatic carbocycles. The lowest BCUT2D eigenvalue weighted by Crippen LogP contribution is -2.19. The van der Waals surface area contributed by atoms with Crippen LogP contribution in [0.4, 0.5) is 0 Å². The van der Waals surface area contributed by atoms with Crippen molar-refractivity contribution in [2.24, 2.45) is 0 Å². The summed E-state index contributed by atoms with van der Waals surface area (Å²) in [5.74, 6) is 0. The molecule has 0 aromatic carbocycles. The summed E-state index contributed by atoms with van der Waals surface area (Å²) in [7, 11) is 0. The smallest absolute Gasteiger partial charge is 0.0800 e. The Hall–Kier alpha value is -0.820. The Bertz CT molecular complexity index is 234. The maximum absolute atomic E-state index is 9.69. The van der Waals surface area contributed by atoms with E-state index in [-0.39, 0.29) is 0 Å². The molecule has 1 atom stereocenters. The van der Waals surface area contributed by atoms with Crippen molar-refractivity contribution in [1.82, 2.24) is 0 Å². The average Bonchev–Trinajstić information content (AvgIpc) is 2.18. The van der Waals surface area contributed by atoms with Crippen molar-refractivity contribution in [3.8, 4) is 0 Å². The van der Waals surface area contributed by atoms with E-state index in [2.05, 4.69) is 31.7 Å². The van der Waals surface area contributed by atoms with Gasteiger partial charge in [0.15, 0.2) is 0 Å². The van der Waals surface area contributed by atoms with E-state index in [0.29, 0.717) is 0 Å². The van der Waals surface area contributed by atoms with Gasteiger partial charge in [-0.2, -0.15) is 0 Å². The van der Waals surface area contributed by atoms with Crippen LogP contribution in [0.1, 0.15) is 46.5 Å². The third-order valence-electron chi connectivity index (χ3n) is 2.52. The van der Waals surface area contributed by atoms with Gasteiger partial charge in [-0.05, 0) is 46.5 Å². The second-order valence-corrected chi connectivity index (χ2v) is 4.26. The summed E-state index contributed by atoms with van der Waals surface area (Å²) >= 11 is 0. The van der Waals surface area contributed by atoms with Crippen LogP contribution in [0.5, 0.6) is 0 Å². The van der Waals surface area contributed by atoms with Crippen molar-refractivity contribution in [2.75, 3.05) is 0 Å². The molecule has 15 heavy (non-hydrogen) atoms. The fourth-order valence-corrected chi connectivity index (χ4v) is 1.29. The fourth-order valence-electron chi connectivity index (χ4n) is 1.29. The Morgan fingerprint density at radius 1 is 1.40 bits per heavy atom. The van der Waals surface area contributed by atoms with Gasteiger partial charge in [0.1, 0.15) is 0 Å². The third-order valence-corrected chi connectivity index (χ3v) is 2.52. The molecule has 86 valence electrons. The molecule has 1 unspecified atom stereocenters. The van der Waals surface area contributed by atoms with E-state index in [1.54, 1.807) is 13.0 Å². The van der Waals surface area contributed by atoms with Gasteiger partial charge in [0.05, 0.1) is 5.60 Å². The lowest BCUT2D eigenvalue weighted by molar-refractivity contribution is 0.103. The lowest BCUT2D eigenvalue weighted by Gasteiger charge is -2.16. The van der Waals surface area contributed by atoms with Crippen LogP contribution >= 0.6 is 0 Å². The second-order valence-electron chi connectivity index (χ2n) is 4.26. The summed E-state index contributed by atoms with van der Waals surface area (Å²) in [4.78, 5) is 0. The predicted molar refractivity (Wildman–Crippen MR) is 67.9 cm³/mol. The fraction of sp³-hybridized carbons (Fsp3) is 0.571. The lowest BCUT2D eigenvalue weighted by atomic mass is 9.99. The number of rotatable bonds is 7. The van der Waals surface area contributed by atoms with Crippen LogP contribution in [-0.2, 0) is 0 Å². The minimum absolute atomic E-state index is 0.722. The van der Waals surface area contributed by atoms with Gasteiger partial charge in [0, 0.05) is 0 Å². The van der Waals surface area contributed by atoms with Crippen LogP contribution in [0.3, 0.4) is 0 Å². The highest BCUT2D eigenvalue weighted by molar-refractivity contribution is 5.02. The first-order valence-corrected chi connectivity index (χ1v) is 5.64. The van der Waals surface area contributed by atoms with E-state index in [1.807, 2.05) is 6.92 Å². The molecule has 0 radical (unpaired) electrons. The molecule has 0 aliphatic rings. The van der Waals surface area contributed by atoms with Gasteiger partial charge < -0.3 is 5.11 Å².